The molecule has 2 aromatic rings. The van der Waals surface area contributed by atoms with Gasteiger partial charge in [0, 0.05) is 12.3 Å². The van der Waals surface area contributed by atoms with E-state index in [1.165, 1.54) is 18.3 Å². The normalized spacial score (nSPS) is 13.2. The van der Waals surface area contributed by atoms with Crippen molar-refractivity contribution in [1.29, 1.82) is 0 Å². The molecule has 2 rings (SSSR count). The van der Waals surface area contributed by atoms with Crippen molar-refractivity contribution >= 4 is 5.97 Å². The molecule has 1 heterocycles. The standard InChI is InChI=1S/C23H24F7NO5/c1-3-15(2)5-4-12-33-19-11-6-16(13-31-19)20(32)35-18-9-7-17(8-10-18)34-14-21(24,25)36-23(29,30)22(26,27)28/h6-11,13,15H,3-5,12,14H2,1-2H3. The van der Waals surface area contributed by atoms with E-state index in [1.54, 1.807) is 0 Å². The Balaban J connectivity index is 1.84. The minimum absolute atomic E-state index is 0.0238. The Bertz CT molecular complexity index is 966. The first-order valence-corrected chi connectivity index (χ1v) is 10.8. The maximum absolute atomic E-state index is 13.3. The Hall–Kier alpha value is -3.09. The minimum Gasteiger partial charge on any atom is -0.484 e. The average Bonchev–Trinajstić information content (AvgIpc) is 2.80. The number of ether oxygens (including phenoxy) is 4. The van der Waals surface area contributed by atoms with Crippen LogP contribution in [0, 0.1) is 5.92 Å². The lowest BCUT2D eigenvalue weighted by Crippen LogP contribution is -2.46. The van der Waals surface area contributed by atoms with Crippen LogP contribution in [-0.2, 0) is 4.74 Å². The van der Waals surface area contributed by atoms with Crippen LogP contribution in [0.5, 0.6) is 17.4 Å². The third-order valence-electron chi connectivity index (χ3n) is 4.81. The fraction of sp³-hybridized carbons (Fsp3) is 0.478. The number of benzene rings is 1. The van der Waals surface area contributed by atoms with Crippen LogP contribution >= 0.6 is 0 Å². The smallest absolute Gasteiger partial charge is 0.483 e. The Kier molecular flexibility index (Phi) is 9.91. The number of rotatable bonds is 13. The highest BCUT2D eigenvalue weighted by Gasteiger charge is 2.64. The molecule has 1 aromatic heterocycles. The first kappa shape index (κ1) is 29.1. The third-order valence-corrected chi connectivity index (χ3v) is 4.81. The fourth-order valence-electron chi connectivity index (χ4n) is 2.61. The molecular weight excluding hydrogens is 503 g/mol. The van der Waals surface area contributed by atoms with E-state index in [0.717, 1.165) is 43.5 Å². The van der Waals surface area contributed by atoms with E-state index < -0.39 is 31.0 Å². The van der Waals surface area contributed by atoms with Gasteiger partial charge in [0.05, 0.1) is 12.2 Å². The third kappa shape index (κ3) is 9.17. The van der Waals surface area contributed by atoms with Crippen LogP contribution < -0.4 is 14.2 Å². The van der Waals surface area contributed by atoms with Gasteiger partial charge in [-0.15, -0.1) is 0 Å². The highest BCUT2D eigenvalue weighted by atomic mass is 19.4. The van der Waals surface area contributed by atoms with Gasteiger partial charge in [-0.2, -0.15) is 30.7 Å². The summed E-state index contributed by atoms with van der Waals surface area (Å²) in [6, 6.07) is 7.29. The monoisotopic (exact) mass is 527 g/mol. The van der Waals surface area contributed by atoms with Gasteiger partial charge in [0.2, 0.25) is 5.88 Å². The van der Waals surface area contributed by atoms with E-state index in [4.69, 9.17) is 9.47 Å². The molecule has 0 aliphatic rings. The van der Waals surface area contributed by atoms with Gasteiger partial charge in [-0.05, 0) is 49.1 Å². The number of hydrogen-bond donors (Lipinski definition) is 0. The number of esters is 1. The molecular formula is C23H24F7NO5. The lowest BCUT2D eigenvalue weighted by molar-refractivity contribution is -0.458. The Morgan fingerprint density at radius 2 is 1.58 bits per heavy atom. The number of pyridine rings is 1. The summed E-state index contributed by atoms with van der Waals surface area (Å²) in [4.78, 5) is 16.3. The summed E-state index contributed by atoms with van der Waals surface area (Å²) in [6.45, 7) is 2.83. The predicted molar refractivity (Wildman–Crippen MR) is 112 cm³/mol. The topological polar surface area (TPSA) is 66.9 Å². The molecule has 0 saturated carbocycles. The van der Waals surface area contributed by atoms with Crippen molar-refractivity contribution in [2.75, 3.05) is 13.2 Å². The summed E-state index contributed by atoms with van der Waals surface area (Å²) < 4.78 is 106. The molecule has 0 spiro atoms. The van der Waals surface area contributed by atoms with Gasteiger partial charge in [0.1, 0.15) is 11.5 Å². The van der Waals surface area contributed by atoms with E-state index in [9.17, 15) is 35.5 Å². The second-order valence-electron chi connectivity index (χ2n) is 7.79. The molecule has 1 aromatic carbocycles. The van der Waals surface area contributed by atoms with Gasteiger partial charge in [-0.25, -0.2) is 14.5 Å². The number of aromatic nitrogens is 1. The van der Waals surface area contributed by atoms with E-state index in [1.807, 2.05) is 0 Å². The summed E-state index contributed by atoms with van der Waals surface area (Å²) in [5, 5.41) is 0. The zero-order valence-electron chi connectivity index (χ0n) is 19.3. The maximum atomic E-state index is 13.3. The number of carbonyl (C=O) groups excluding carboxylic acids is 1. The van der Waals surface area contributed by atoms with Gasteiger partial charge in [-0.1, -0.05) is 20.3 Å². The summed E-state index contributed by atoms with van der Waals surface area (Å²) in [6.07, 6.45) is -13.1. The Morgan fingerprint density at radius 1 is 0.944 bits per heavy atom. The van der Waals surface area contributed by atoms with Crippen LogP contribution in [0.25, 0.3) is 0 Å². The average molecular weight is 527 g/mol. The quantitative estimate of drug-likeness (QED) is 0.126. The predicted octanol–water partition coefficient (Wildman–Crippen LogP) is 6.65. The van der Waals surface area contributed by atoms with E-state index in [-0.39, 0.29) is 17.1 Å². The molecule has 0 fully saturated rings. The largest absolute Gasteiger partial charge is 0.484 e. The zero-order chi connectivity index (χ0) is 27.0. The summed E-state index contributed by atoms with van der Waals surface area (Å²) in [5.74, 6) is -0.195. The number of hydrogen-bond acceptors (Lipinski definition) is 6. The first-order chi connectivity index (χ1) is 16.7. The molecule has 1 atom stereocenters. The van der Waals surface area contributed by atoms with E-state index >= 15 is 0 Å². The minimum atomic E-state index is -6.32. The molecule has 0 aliphatic carbocycles. The molecule has 0 amide bonds. The molecule has 0 radical (unpaired) electrons. The van der Waals surface area contributed by atoms with Gasteiger partial charge in [-0.3, -0.25) is 0 Å². The summed E-state index contributed by atoms with van der Waals surface area (Å²) in [7, 11) is 0. The number of nitrogens with zero attached hydrogens (tertiary/aromatic N) is 1. The van der Waals surface area contributed by atoms with Crippen molar-refractivity contribution in [2.24, 2.45) is 5.92 Å². The van der Waals surface area contributed by atoms with Crippen LogP contribution in [0.1, 0.15) is 43.5 Å². The number of halogens is 7. The highest BCUT2D eigenvalue weighted by Crippen LogP contribution is 2.40. The van der Waals surface area contributed by atoms with Crippen LogP contribution in [0.2, 0.25) is 0 Å². The first-order valence-electron chi connectivity index (χ1n) is 10.8. The maximum Gasteiger partial charge on any atom is 0.483 e. The molecule has 0 aliphatic heterocycles. The molecule has 6 nitrogen and oxygen atoms in total. The molecule has 200 valence electrons. The Labute approximate surface area is 202 Å². The van der Waals surface area contributed by atoms with Crippen LogP contribution in [0.15, 0.2) is 42.6 Å². The number of alkyl halides is 7. The lowest BCUT2D eigenvalue weighted by atomic mass is 10.0. The zero-order valence-corrected chi connectivity index (χ0v) is 19.3. The van der Waals surface area contributed by atoms with Gasteiger partial charge in [0.15, 0.2) is 6.61 Å². The summed E-state index contributed by atoms with van der Waals surface area (Å²) >= 11 is 0. The van der Waals surface area contributed by atoms with Gasteiger partial charge >= 0.3 is 24.4 Å². The SMILES string of the molecule is CCC(C)CCCOc1ccc(C(=O)Oc2ccc(OCC(F)(F)OC(F)(F)C(F)(F)F)cc2)cn1. The van der Waals surface area contributed by atoms with Gasteiger partial charge < -0.3 is 14.2 Å². The van der Waals surface area contributed by atoms with Crippen molar-refractivity contribution in [2.45, 2.75) is 51.5 Å². The second kappa shape index (κ2) is 12.2. The highest BCUT2D eigenvalue weighted by molar-refractivity contribution is 5.90. The molecule has 1 unspecified atom stereocenters. The molecule has 36 heavy (non-hydrogen) atoms. The van der Waals surface area contributed by atoms with E-state index in [2.05, 4.69) is 28.3 Å². The lowest BCUT2D eigenvalue weighted by Gasteiger charge is -2.25. The summed E-state index contributed by atoms with van der Waals surface area (Å²) in [5.41, 5.74) is 0.102. The van der Waals surface area contributed by atoms with Crippen LogP contribution in [0.4, 0.5) is 30.7 Å². The van der Waals surface area contributed by atoms with Crippen LogP contribution in [0.3, 0.4) is 0 Å². The number of carbonyl (C=O) groups is 1. The van der Waals surface area contributed by atoms with Gasteiger partial charge in [0.25, 0.3) is 0 Å². The van der Waals surface area contributed by atoms with E-state index in [0.29, 0.717) is 18.4 Å². The molecule has 13 heteroatoms. The molecule has 0 N–H and O–H groups in total. The van der Waals surface area contributed by atoms with Crippen molar-refractivity contribution < 1.29 is 54.5 Å². The molecule has 0 bridgehead atoms. The molecule has 0 saturated heterocycles. The van der Waals surface area contributed by atoms with Crippen LogP contribution in [-0.4, -0.2) is 42.6 Å². The van der Waals surface area contributed by atoms with Crippen molar-refractivity contribution in [3.05, 3.63) is 48.2 Å². The fourth-order valence-corrected chi connectivity index (χ4v) is 2.61. The Morgan fingerprint density at radius 3 is 2.14 bits per heavy atom. The van der Waals surface area contributed by atoms with Crippen molar-refractivity contribution in [1.82, 2.24) is 4.98 Å². The van der Waals surface area contributed by atoms with Crippen molar-refractivity contribution in [3.8, 4) is 17.4 Å². The second-order valence-corrected chi connectivity index (χ2v) is 7.79. The van der Waals surface area contributed by atoms with Crippen molar-refractivity contribution in [3.63, 3.8) is 0 Å².